The highest BCUT2D eigenvalue weighted by Crippen LogP contribution is 2.27. The summed E-state index contributed by atoms with van der Waals surface area (Å²) in [5.74, 6) is 0.399. The molecule has 0 saturated heterocycles. The van der Waals surface area contributed by atoms with Gasteiger partial charge >= 0.3 is 0 Å². The van der Waals surface area contributed by atoms with Crippen molar-refractivity contribution in [2.75, 3.05) is 13.7 Å². The molecular formula is C16H22N2O4. The van der Waals surface area contributed by atoms with Gasteiger partial charge in [0, 0.05) is 31.8 Å². The Kier molecular flexibility index (Phi) is 5.49. The van der Waals surface area contributed by atoms with Gasteiger partial charge in [-0.15, -0.1) is 0 Å². The summed E-state index contributed by atoms with van der Waals surface area (Å²) in [6.07, 6.45) is 4.02. The van der Waals surface area contributed by atoms with E-state index < -0.39 is 4.92 Å². The predicted molar refractivity (Wildman–Crippen MR) is 82.4 cm³/mol. The fourth-order valence-corrected chi connectivity index (χ4v) is 2.95. The van der Waals surface area contributed by atoms with Gasteiger partial charge in [-0.2, -0.15) is 0 Å². The number of likely N-dealkylation sites (N-methyl/N-ethyl adjacent to an activating group) is 1. The van der Waals surface area contributed by atoms with Crippen LogP contribution in [0.15, 0.2) is 24.3 Å². The van der Waals surface area contributed by atoms with Crippen LogP contribution in [-0.4, -0.2) is 40.5 Å². The van der Waals surface area contributed by atoms with Crippen LogP contribution in [-0.2, 0) is 11.2 Å². The second kappa shape index (κ2) is 7.35. The van der Waals surface area contributed by atoms with Crippen molar-refractivity contribution in [1.82, 2.24) is 4.90 Å². The van der Waals surface area contributed by atoms with Gasteiger partial charge in [-0.05, 0) is 37.2 Å². The number of aliphatic hydroxyl groups excluding tert-OH is 1. The number of nitrogens with zero attached hydrogens (tertiary/aromatic N) is 2. The lowest BCUT2D eigenvalue weighted by atomic mass is 9.86. The summed E-state index contributed by atoms with van der Waals surface area (Å²) in [6, 6.07) is 6.34. The van der Waals surface area contributed by atoms with Crippen LogP contribution >= 0.6 is 0 Å². The highest BCUT2D eigenvalue weighted by molar-refractivity contribution is 5.78. The third kappa shape index (κ3) is 4.04. The Balaban J connectivity index is 1.90. The van der Waals surface area contributed by atoms with Gasteiger partial charge in [0.2, 0.25) is 5.91 Å². The first-order chi connectivity index (χ1) is 10.5. The Hall–Kier alpha value is -1.95. The monoisotopic (exact) mass is 306 g/mol. The van der Waals surface area contributed by atoms with E-state index in [0.29, 0.717) is 5.92 Å². The van der Waals surface area contributed by atoms with Gasteiger partial charge in [0.05, 0.1) is 11.3 Å². The summed E-state index contributed by atoms with van der Waals surface area (Å²) in [6.45, 7) is 0.229. The van der Waals surface area contributed by atoms with Crippen LogP contribution < -0.4 is 0 Å². The van der Waals surface area contributed by atoms with E-state index in [1.54, 1.807) is 17.0 Å². The SMILES string of the molecule is CN(C(=O)Cc1ccc([N+](=O)[O-])cc1)C1CCC(CO)CC1. The number of hydrogen-bond acceptors (Lipinski definition) is 4. The van der Waals surface area contributed by atoms with E-state index >= 15 is 0 Å². The van der Waals surface area contributed by atoms with Crippen LogP contribution in [0.3, 0.4) is 0 Å². The first-order valence-electron chi connectivity index (χ1n) is 7.61. The maximum Gasteiger partial charge on any atom is 0.269 e. The van der Waals surface area contributed by atoms with E-state index in [-0.39, 0.29) is 30.7 Å². The number of nitro benzene ring substituents is 1. The highest BCUT2D eigenvalue weighted by Gasteiger charge is 2.26. The number of carbonyl (C=O) groups excluding carboxylic acids is 1. The summed E-state index contributed by atoms with van der Waals surface area (Å²) in [5, 5.41) is 19.8. The molecule has 0 radical (unpaired) electrons. The normalized spacial score (nSPS) is 21.4. The quantitative estimate of drug-likeness (QED) is 0.667. The number of nitro groups is 1. The molecule has 6 nitrogen and oxygen atoms in total. The highest BCUT2D eigenvalue weighted by atomic mass is 16.6. The molecule has 1 aliphatic rings. The molecular weight excluding hydrogens is 284 g/mol. The maximum atomic E-state index is 12.3. The van der Waals surface area contributed by atoms with Gasteiger partial charge in [-0.3, -0.25) is 14.9 Å². The maximum absolute atomic E-state index is 12.3. The first-order valence-corrected chi connectivity index (χ1v) is 7.61. The molecule has 120 valence electrons. The third-order valence-electron chi connectivity index (χ3n) is 4.52. The summed E-state index contributed by atoms with van der Waals surface area (Å²) >= 11 is 0. The molecule has 2 rings (SSSR count). The van der Waals surface area contributed by atoms with Crippen LogP contribution in [0.25, 0.3) is 0 Å². The van der Waals surface area contributed by atoms with Crippen molar-refractivity contribution in [2.45, 2.75) is 38.1 Å². The second-order valence-electron chi connectivity index (χ2n) is 5.96. The summed E-state index contributed by atoms with van der Waals surface area (Å²) in [7, 11) is 1.82. The average molecular weight is 306 g/mol. The summed E-state index contributed by atoms with van der Waals surface area (Å²) < 4.78 is 0. The fraction of sp³-hybridized carbons (Fsp3) is 0.562. The van der Waals surface area contributed by atoms with Crippen molar-refractivity contribution in [1.29, 1.82) is 0 Å². The van der Waals surface area contributed by atoms with Crippen molar-refractivity contribution in [3.8, 4) is 0 Å². The molecule has 0 heterocycles. The molecule has 1 N–H and O–H groups in total. The molecule has 0 atom stereocenters. The van der Waals surface area contributed by atoms with Gasteiger partial charge < -0.3 is 10.0 Å². The second-order valence-corrected chi connectivity index (χ2v) is 5.96. The van der Waals surface area contributed by atoms with Crippen molar-refractivity contribution in [3.63, 3.8) is 0 Å². The van der Waals surface area contributed by atoms with Crippen LogP contribution in [0.1, 0.15) is 31.2 Å². The smallest absolute Gasteiger partial charge is 0.269 e. The van der Waals surface area contributed by atoms with Crippen molar-refractivity contribution in [3.05, 3.63) is 39.9 Å². The standard InChI is InChI=1S/C16H22N2O4/c1-17(14-6-4-13(11-19)5-7-14)16(20)10-12-2-8-15(9-3-12)18(21)22/h2-3,8-9,13-14,19H,4-7,10-11H2,1H3. The molecule has 1 saturated carbocycles. The van der Waals surface area contributed by atoms with E-state index in [1.807, 2.05) is 7.05 Å². The molecule has 22 heavy (non-hydrogen) atoms. The number of non-ortho nitro benzene ring substituents is 1. The number of aliphatic hydroxyl groups is 1. The lowest BCUT2D eigenvalue weighted by Crippen LogP contribution is -2.40. The molecule has 0 aromatic heterocycles. The Labute approximate surface area is 129 Å². The zero-order chi connectivity index (χ0) is 16.1. The molecule has 0 spiro atoms. The predicted octanol–water partition coefficient (Wildman–Crippen LogP) is 2.15. The number of hydrogen-bond donors (Lipinski definition) is 1. The molecule has 0 unspecified atom stereocenters. The Morgan fingerprint density at radius 2 is 1.86 bits per heavy atom. The van der Waals surface area contributed by atoms with Crippen LogP contribution in [0, 0.1) is 16.0 Å². The van der Waals surface area contributed by atoms with E-state index in [4.69, 9.17) is 5.11 Å². The van der Waals surface area contributed by atoms with Gasteiger partial charge in [0.25, 0.3) is 5.69 Å². The Morgan fingerprint density at radius 1 is 1.27 bits per heavy atom. The molecule has 6 heteroatoms. The van der Waals surface area contributed by atoms with Gasteiger partial charge in [0.1, 0.15) is 0 Å². The van der Waals surface area contributed by atoms with Crippen LogP contribution in [0.5, 0.6) is 0 Å². The van der Waals surface area contributed by atoms with Gasteiger partial charge in [-0.1, -0.05) is 12.1 Å². The summed E-state index contributed by atoms with van der Waals surface area (Å²) in [5.41, 5.74) is 0.818. The van der Waals surface area contributed by atoms with Crippen LogP contribution in [0.2, 0.25) is 0 Å². The Morgan fingerprint density at radius 3 is 2.36 bits per heavy atom. The van der Waals surface area contributed by atoms with E-state index in [2.05, 4.69) is 0 Å². The number of rotatable bonds is 5. The van der Waals surface area contributed by atoms with E-state index in [9.17, 15) is 14.9 Å². The minimum absolute atomic E-state index is 0.0290. The summed E-state index contributed by atoms with van der Waals surface area (Å²) in [4.78, 5) is 24.3. The Bertz CT molecular complexity index is 521. The minimum Gasteiger partial charge on any atom is -0.396 e. The molecule has 0 aliphatic heterocycles. The van der Waals surface area contributed by atoms with Gasteiger partial charge in [-0.25, -0.2) is 0 Å². The zero-order valence-corrected chi connectivity index (χ0v) is 12.8. The number of amides is 1. The number of carbonyl (C=O) groups is 1. The van der Waals surface area contributed by atoms with Crippen molar-refractivity contribution >= 4 is 11.6 Å². The minimum atomic E-state index is -0.447. The average Bonchev–Trinajstić information content (AvgIpc) is 2.54. The molecule has 1 amide bonds. The lowest BCUT2D eigenvalue weighted by Gasteiger charge is -2.34. The number of benzene rings is 1. The van der Waals surface area contributed by atoms with Crippen LogP contribution in [0.4, 0.5) is 5.69 Å². The topological polar surface area (TPSA) is 83.7 Å². The zero-order valence-electron chi connectivity index (χ0n) is 12.8. The van der Waals surface area contributed by atoms with E-state index in [1.165, 1.54) is 12.1 Å². The largest absolute Gasteiger partial charge is 0.396 e. The van der Waals surface area contributed by atoms with Crippen molar-refractivity contribution < 1.29 is 14.8 Å². The first kappa shape index (κ1) is 16.4. The molecule has 0 bridgehead atoms. The van der Waals surface area contributed by atoms with Crippen molar-refractivity contribution in [2.24, 2.45) is 5.92 Å². The molecule has 1 fully saturated rings. The molecule has 1 aromatic rings. The third-order valence-corrected chi connectivity index (χ3v) is 4.52. The molecule has 1 aliphatic carbocycles. The molecule has 1 aromatic carbocycles. The lowest BCUT2D eigenvalue weighted by molar-refractivity contribution is -0.384. The van der Waals surface area contributed by atoms with Gasteiger partial charge in [0.15, 0.2) is 0 Å². The van der Waals surface area contributed by atoms with E-state index in [0.717, 1.165) is 31.2 Å². The fourth-order valence-electron chi connectivity index (χ4n) is 2.95.